The van der Waals surface area contributed by atoms with Gasteiger partial charge in [0.15, 0.2) is 0 Å². The third-order valence-corrected chi connectivity index (χ3v) is 7.37. The normalized spacial score (nSPS) is 15.5. The zero-order valence-electron chi connectivity index (χ0n) is 16.3. The quantitative estimate of drug-likeness (QED) is 0.671. The van der Waals surface area contributed by atoms with Crippen molar-refractivity contribution in [1.29, 1.82) is 0 Å². The molecule has 1 aliphatic rings. The average Bonchev–Trinajstić information content (AvgIpc) is 2.73. The molecule has 4 rings (SSSR count). The number of carbonyl (C=O) groups excluding carboxylic acids is 1. The van der Waals surface area contributed by atoms with Crippen LogP contribution >= 0.6 is 11.6 Å². The Morgan fingerprint density at radius 2 is 1.67 bits per heavy atom. The molecule has 3 aromatic rings. The number of sulfonamides is 1. The van der Waals surface area contributed by atoms with Gasteiger partial charge in [0.25, 0.3) is 5.91 Å². The minimum absolute atomic E-state index is 0.184. The van der Waals surface area contributed by atoms with E-state index in [1.807, 2.05) is 6.92 Å². The number of amides is 1. The Bertz CT molecular complexity index is 1280. The Morgan fingerprint density at radius 1 is 1.00 bits per heavy atom. The van der Waals surface area contributed by atoms with Gasteiger partial charge in [0, 0.05) is 48.2 Å². The third-order valence-electron chi connectivity index (χ3n) is 5.22. The first-order valence-corrected chi connectivity index (χ1v) is 11.3. The first-order chi connectivity index (χ1) is 14.3. The summed E-state index contributed by atoms with van der Waals surface area (Å²) in [5.41, 5.74) is 1.38. The smallest absolute Gasteiger partial charge is 0.254 e. The summed E-state index contributed by atoms with van der Waals surface area (Å²) in [6.07, 6.45) is 0. The van der Waals surface area contributed by atoms with Gasteiger partial charge in [0.05, 0.1) is 10.5 Å². The molecule has 1 amide bonds. The number of rotatable bonds is 3. The molecule has 7 nitrogen and oxygen atoms in total. The molecule has 2 aromatic carbocycles. The number of aromatic amines is 1. The van der Waals surface area contributed by atoms with E-state index in [2.05, 4.69) is 4.98 Å². The Labute approximate surface area is 178 Å². The highest BCUT2D eigenvalue weighted by Gasteiger charge is 2.31. The summed E-state index contributed by atoms with van der Waals surface area (Å²) in [7, 11) is -3.62. The van der Waals surface area contributed by atoms with E-state index in [9.17, 15) is 18.0 Å². The third kappa shape index (κ3) is 3.86. The maximum Gasteiger partial charge on any atom is 0.254 e. The van der Waals surface area contributed by atoms with Crippen LogP contribution in [0, 0.1) is 6.92 Å². The van der Waals surface area contributed by atoms with Crippen molar-refractivity contribution in [3.8, 4) is 0 Å². The van der Waals surface area contributed by atoms with Crippen LogP contribution in [0.25, 0.3) is 10.9 Å². The van der Waals surface area contributed by atoms with Crippen LogP contribution in [0.1, 0.15) is 15.9 Å². The monoisotopic (exact) mass is 445 g/mol. The van der Waals surface area contributed by atoms with Crippen LogP contribution in [0.5, 0.6) is 0 Å². The molecule has 1 fully saturated rings. The van der Waals surface area contributed by atoms with Crippen LogP contribution in [0.4, 0.5) is 0 Å². The lowest BCUT2D eigenvalue weighted by Crippen LogP contribution is -2.50. The van der Waals surface area contributed by atoms with Gasteiger partial charge in [-0.3, -0.25) is 9.59 Å². The minimum atomic E-state index is -3.62. The summed E-state index contributed by atoms with van der Waals surface area (Å²) in [4.78, 5) is 29.6. The molecule has 0 atom stereocenters. The average molecular weight is 446 g/mol. The van der Waals surface area contributed by atoms with E-state index in [0.717, 1.165) is 5.56 Å². The number of carbonyl (C=O) groups is 1. The van der Waals surface area contributed by atoms with E-state index in [0.29, 0.717) is 15.9 Å². The van der Waals surface area contributed by atoms with Gasteiger partial charge in [0.1, 0.15) is 0 Å². The Hall–Kier alpha value is -2.68. The highest BCUT2D eigenvalue weighted by Crippen LogP contribution is 2.23. The van der Waals surface area contributed by atoms with Crippen LogP contribution in [0.3, 0.4) is 0 Å². The van der Waals surface area contributed by atoms with Crippen molar-refractivity contribution in [1.82, 2.24) is 14.2 Å². The van der Waals surface area contributed by atoms with E-state index in [1.165, 1.54) is 10.4 Å². The Kier molecular flexibility index (Phi) is 5.40. The summed E-state index contributed by atoms with van der Waals surface area (Å²) in [6, 6.07) is 12.9. The predicted octanol–water partition coefficient (Wildman–Crippen LogP) is 2.64. The molecule has 0 aliphatic carbocycles. The fourth-order valence-electron chi connectivity index (χ4n) is 3.56. The van der Waals surface area contributed by atoms with Crippen LogP contribution in [0.15, 0.2) is 58.2 Å². The van der Waals surface area contributed by atoms with Crippen molar-refractivity contribution in [2.24, 2.45) is 0 Å². The van der Waals surface area contributed by atoms with Crippen molar-refractivity contribution in [2.75, 3.05) is 26.2 Å². The summed E-state index contributed by atoms with van der Waals surface area (Å²) in [5, 5.41) is 1.01. The summed E-state index contributed by atoms with van der Waals surface area (Å²) < 4.78 is 27.1. The van der Waals surface area contributed by atoms with Gasteiger partial charge in [-0.2, -0.15) is 4.31 Å². The number of hydrogen-bond acceptors (Lipinski definition) is 4. The number of pyridine rings is 1. The van der Waals surface area contributed by atoms with E-state index >= 15 is 0 Å². The molecule has 0 radical (unpaired) electrons. The molecule has 0 unspecified atom stereocenters. The van der Waals surface area contributed by atoms with Gasteiger partial charge >= 0.3 is 0 Å². The molecule has 1 N–H and O–H groups in total. The lowest BCUT2D eigenvalue weighted by Gasteiger charge is -2.34. The maximum atomic E-state index is 13.1. The number of halogens is 1. The number of H-pyrrole nitrogens is 1. The van der Waals surface area contributed by atoms with Gasteiger partial charge in [0.2, 0.25) is 15.6 Å². The highest BCUT2D eigenvalue weighted by molar-refractivity contribution is 7.89. The molecular weight excluding hydrogens is 426 g/mol. The zero-order valence-corrected chi connectivity index (χ0v) is 17.8. The molecule has 1 saturated heterocycles. The number of benzene rings is 2. The minimum Gasteiger partial charge on any atom is -0.336 e. The summed E-state index contributed by atoms with van der Waals surface area (Å²) >= 11 is 6.07. The van der Waals surface area contributed by atoms with Gasteiger partial charge in [-0.15, -0.1) is 0 Å². The number of nitrogens with zero attached hydrogens (tertiary/aromatic N) is 2. The summed E-state index contributed by atoms with van der Waals surface area (Å²) in [5.74, 6) is -0.319. The fraction of sp³-hybridized carbons (Fsp3) is 0.238. The number of fused-ring (bicyclic) bond motifs is 1. The molecule has 0 saturated carbocycles. The SMILES string of the molecule is Cc1ccc(S(=O)(=O)N2CCN(C(=O)c3cc(=O)[nH]c4ccc(Cl)cc34)CC2)cc1. The van der Waals surface area contributed by atoms with Crippen molar-refractivity contribution >= 4 is 38.4 Å². The van der Waals surface area contributed by atoms with Gasteiger partial charge < -0.3 is 9.88 Å². The van der Waals surface area contributed by atoms with Crippen molar-refractivity contribution in [3.63, 3.8) is 0 Å². The zero-order chi connectivity index (χ0) is 21.5. The number of piperazine rings is 1. The second-order valence-corrected chi connectivity index (χ2v) is 9.62. The Balaban J connectivity index is 1.55. The molecular formula is C21H20ClN3O4S. The standard InChI is InChI=1S/C21H20ClN3O4S/c1-14-2-5-16(6-3-14)30(28,29)25-10-8-24(9-11-25)21(27)18-13-20(26)23-19-7-4-15(22)12-17(18)19/h2-7,12-13H,8-11H2,1H3,(H,23,26). The number of hydrogen-bond donors (Lipinski definition) is 1. The van der Waals surface area contributed by atoms with E-state index in [1.54, 1.807) is 47.4 Å². The van der Waals surface area contributed by atoms with Crippen molar-refractivity contribution in [3.05, 3.63) is 75.0 Å². The lowest BCUT2D eigenvalue weighted by molar-refractivity contribution is 0.0699. The number of aromatic nitrogens is 1. The van der Waals surface area contributed by atoms with Crippen LogP contribution in [-0.4, -0.2) is 54.7 Å². The molecule has 0 spiro atoms. The van der Waals surface area contributed by atoms with E-state index < -0.39 is 10.0 Å². The van der Waals surface area contributed by atoms with Crippen LogP contribution in [0.2, 0.25) is 5.02 Å². The second-order valence-electron chi connectivity index (χ2n) is 7.25. The van der Waals surface area contributed by atoms with E-state index in [4.69, 9.17) is 11.6 Å². The van der Waals surface area contributed by atoms with Gasteiger partial charge in [-0.1, -0.05) is 29.3 Å². The molecule has 2 heterocycles. The van der Waals surface area contributed by atoms with Crippen molar-refractivity contribution in [2.45, 2.75) is 11.8 Å². The van der Waals surface area contributed by atoms with Crippen molar-refractivity contribution < 1.29 is 13.2 Å². The lowest BCUT2D eigenvalue weighted by atomic mass is 10.1. The Morgan fingerprint density at radius 3 is 2.33 bits per heavy atom. The first-order valence-electron chi connectivity index (χ1n) is 9.44. The molecule has 0 bridgehead atoms. The van der Waals surface area contributed by atoms with Crippen LogP contribution < -0.4 is 5.56 Å². The van der Waals surface area contributed by atoms with Crippen LogP contribution in [-0.2, 0) is 10.0 Å². The molecule has 156 valence electrons. The number of aryl methyl sites for hydroxylation is 1. The molecule has 1 aliphatic heterocycles. The predicted molar refractivity (Wildman–Crippen MR) is 115 cm³/mol. The largest absolute Gasteiger partial charge is 0.336 e. The molecule has 9 heteroatoms. The fourth-order valence-corrected chi connectivity index (χ4v) is 5.16. The molecule has 1 aromatic heterocycles. The van der Waals surface area contributed by atoms with Gasteiger partial charge in [-0.05, 0) is 37.3 Å². The number of nitrogens with one attached hydrogen (secondary N) is 1. The van der Waals surface area contributed by atoms with E-state index in [-0.39, 0.29) is 48.1 Å². The highest BCUT2D eigenvalue weighted by atomic mass is 35.5. The topological polar surface area (TPSA) is 90.6 Å². The maximum absolute atomic E-state index is 13.1. The summed E-state index contributed by atoms with van der Waals surface area (Å²) in [6.45, 7) is 2.73. The van der Waals surface area contributed by atoms with Gasteiger partial charge in [-0.25, -0.2) is 8.42 Å². The second kappa shape index (κ2) is 7.86. The molecule has 30 heavy (non-hydrogen) atoms. The first kappa shape index (κ1) is 20.6.